The first-order chi connectivity index (χ1) is 11.5. The number of anilines is 1. The lowest BCUT2D eigenvalue weighted by Crippen LogP contribution is -2.30. The molecule has 0 radical (unpaired) electrons. The molecule has 0 spiro atoms. The predicted octanol–water partition coefficient (Wildman–Crippen LogP) is 2.95. The molecule has 0 fully saturated rings. The average molecular weight is 331 g/mol. The monoisotopic (exact) mass is 331 g/mol. The molecule has 2 rings (SSSR count). The van der Waals surface area contributed by atoms with Gasteiger partial charge in [0, 0.05) is 5.69 Å². The number of halogens is 1. The number of methoxy groups -OCH3 is 1. The van der Waals surface area contributed by atoms with Crippen LogP contribution in [0.5, 0.6) is 5.75 Å². The van der Waals surface area contributed by atoms with Gasteiger partial charge in [-0.2, -0.15) is 0 Å². The van der Waals surface area contributed by atoms with Crippen LogP contribution in [-0.4, -0.2) is 25.1 Å². The summed E-state index contributed by atoms with van der Waals surface area (Å²) in [6.07, 6.45) is -0.904. The van der Waals surface area contributed by atoms with E-state index in [-0.39, 0.29) is 6.42 Å². The summed E-state index contributed by atoms with van der Waals surface area (Å²) in [7, 11) is 1.56. The van der Waals surface area contributed by atoms with Gasteiger partial charge in [0.1, 0.15) is 11.6 Å². The maximum Gasteiger partial charge on any atom is 0.311 e. The third-order valence-electron chi connectivity index (χ3n) is 3.30. The minimum absolute atomic E-state index is 0.0537. The molecule has 1 atom stereocenters. The molecule has 2 aromatic rings. The highest BCUT2D eigenvalue weighted by Crippen LogP contribution is 2.13. The second kappa shape index (κ2) is 8.10. The van der Waals surface area contributed by atoms with Gasteiger partial charge < -0.3 is 14.8 Å². The van der Waals surface area contributed by atoms with E-state index in [1.807, 2.05) is 0 Å². The van der Waals surface area contributed by atoms with E-state index in [9.17, 15) is 14.0 Å². The Morgan fingerprint density at radius 2 is 1.71 bits per heavy atom. The van der Waals surface area contributed by atoms with Crippen molar-refractivity contribution < 1.29 is 23.5 Å². The molecule has 0 saturated carbocycles. The number of hydrogen-bond acceptors (Lipinski definition) is 4. The van der Waals surface area contributed by atoms with Crippen LogP contribution >= 0.6 is 0 Å². The molecule has 5 nitrogen and oxygen atoms in total. The maximum atomic E-state index is 12.8. The summed E-state index contributed by atoms with van der Waals surface area (Å²) in [5.74, 6) is -0.697. The molecule has 0 aliphatic rings. The molecule has 126 valence electrons. The highest BCUT2D eigenvalue weighted by molar-refractivity contribution is 5.95. The predicted molar refractivity (Wildman–Crippen MR) is 87.3 cm³/mol. The third-order valence-corrected chi connectivity index (χ3v) is 3.30. The van der Waals surface area contributed by atoms with Crippen LogP contribution in [0.3, 0.4) is 0 Å². The largest absolute Gasteiger partial charge is 0.497 e. The topological polar surface area (TPSA) is 64.6 Å². The number of nitrogens with one attached hydrogen (secondary N) is 1. The minimum Gasteiger partial charge on any atom is -0.497 e. The van der Waals surface area contributed by atoms with E-state index in [0.717, 1.165) is 5.56 Å². The molecule has 1 N–H and O–H groups in total. The molecule has 24 heavy (non-hydrogen) atoms. The summed E-state index contributed by atoms with van der Waals surface area (Å²) in [6.45, 7) is 1.48. The fourth-order valence-electron chi connectivity index (χ4n) is 1.98. The van der Waals surface area contributed by atoms with E-state index in [1.54, 1.807) is 31.4 Å². The molecule has 0 aliphatic carbocycles. The molecule has 0 aliphatic heterocycles. The number of benzene rings is 2. The van der Waals surface area contributed by atoms with Crippen LogP contribution < -0.4 is 10.1 Å². The molecular formula is C18H18FNO4. The van der Waals surface area contributed by atoms with Crippen molar-refractivity contribution in [2.75, 3.05) is 12.4 Å². The lowest BCUT2D eigenvalue weighted by molar-refractivity contribution is -0.152. The maximum absolute atomic E-state index is 12.8. The van der Waals surface area contributed by atoms with Crippen LogP contribution in [0.25, 0.3) is 0 Å². The second-order valence-electron chi connectivity index (χ2n) is 5.15. The number of rotatable bonds is 6. The standard InChI is InChI=1S/C18H18FNO4/c1-12(18(22)20-15-7-5-14(19)6-8-15)24-17(21)11-13-3-9-16(23-2)10-4-13/h3-10,12H,11H2,1-2H3,(H,20,22)/t12-/m1/s1. The van der Waals surface area contributed by atoms with Gasteiger partial charge in [-0.3, -0.25) is 9.59 Å². The smallest absolute Gasteiger partial charge is 0.311 e. The van der Waals surface area contributed by atoms with Gasteiger partial charge in [-0.05, 0) is 48.9 Å². The van der Waals surface area contributed by atoms with Crippen molar-refractivity contribution in [3.63, 3.8) is 0 Å². The van der Waals surface area contributed by atoms with Gasteiger partial charge >= 0.3 is 5.97 Å². The zero-order valence-electron chi connectivity index (χ0n) is 13.4. The first-order valence-electron chi connectivity index (χ1n) is 7.37. The van der Waals surface area contributed by atoms with Gasteiger partial charge in [-0.25, -0.2) is 4.39 Å². The normalized spacial score (nSPS) is 11.5. The quantitative estimate of drug-likeness (QED) is 0.827. The van der Waals surface area contributed by atoms with E-state index in [1.165, 1.54) is 31.2 Å². The minimum atomic E-state index is -0.958. The van der Waals surface area contributed by atoms with E-state index >= 15 is 0 Å². The number of ether oxygens (including phenoxy) is 2. The van der Waals surface area contributed by atoms with E-state index in [2.05, 4.69) is 5.32 Å². The molecule has 0 heterocycles. The van der Waals surface area contributed by atoms with E-state index in [0.29, 0.717) is 11.4 Å². The summed E-state index contributed by atoms with van der Waals surface area (Å²) in [5, 5.41) is 2.55. The average Bonchev–Trinajstić information content (AvgIpc) is 2.57. The Bertz CT molecular complexity index is 698. The van der Waals surface area contributed by atoms with Gasteiger partial charge in [0.15, 0.2) is 6.10 Å². The molecule has 6 heteroatoms. The summed E-state index contributed by atoms with van der Waals surface area (Å²) >= 11 is 0. The van der Waals surface area contributed by atoms with Crippen LogP contribution in [0.15, 0.2) is 48.5 Å². The van der Waals surface area contributed by atoms with Crippen molar-refractivity contribution in [1.29, 1.82) is 0 Å². The second-order valence-corrected chi connectivity index (χ2v) is 5.15. The van der Waals surface area contributed by atoms with E-state index in [4.69, 9.17) is 9.47 Å². The number of carbonyl (C=O) groups excluding carboxylic acids is 2. The Hall–Kier alpha value is -2.89. The summed E-state index contributed by atoms with van der Waals surface area (Å²) in [6, 6.07) is 12.3. The van der Waals surface area contributed by atoms with Crippen LogP contribution in [0, 0.1) is 5.82 Å². The molecule has 0 aromatic heterocycles. The van der Waals surface area contributed by atoms with Gasteiger partial charge in [-0.15, -0.1) is 0 Å². The van der Waals surface area contributed by atoms with Crippen LogP contribution in [-0.2, 0) is 20.7 Å². The van der Waals surface area contributed by atoms with Gasteiger partial charge in [0.25, 0.3) is 5.91 Å². The zero-order valence-corrected chi connectivity index (χ0v) is 13.4. The molecular weight excluding hydrogens is 313 g/mol. The number of amides is 1. The van der Waals surface area contributed by atoms with Crippen LogP contribution in [0.1, 0.15) is 12.5 Å². The van der Waals surface area contributed by atoms with E-state index < -0.39 is 23.8 Å². The number of esters is 1. The van der Waals surface area contributed by atoms with Crippen molar-refractivity contribution in [2.24, 2.45) is 0 Å². The Kier molecular flexibility index (Phi) is 5.89. The Balaban J connectivity index is 1.85. The number of carbonyl (C=O) groups is 2. The Labute approximate surface area is 139 Å². The van der Waals surface area contributed by atoms with Crippen molar-refractivity contribution in [2.45, 2.75) is 19.4 Å². The summed E-state index contributed by atoms with van der Waals surface area (Å²) < 4.78 is 23.0. The summed E-state index contributed by atoms with van der Waals surface area (Å²) in [4.78, 5) is 23.9. The molecule has 1 amide bonds. The molecule has 2 aromatic carbocycles. The first kappa shape index (κ1) is 17.5. The van der Waals surface area contributed by atoms with Crippen molar-refractivity contribution in [1.82, 2.24) is 0 Å². The molecule has 0 saturated heterocycles. The fraction of sp³-hybridized carbons (Fsp3) is 0.222. The lowest BCUT2D eigenvalue weighted by atomic mass is 10.1. The van der Waals surface area contributed by atoms with Gasteiger partial charge in [-0.1, -0.05) is 12.1 Å². The summed E-state index contributed by atoms with van der Waals surface area (Å²) in [5.41, 5.74) is 1.19. The molecule has 0 unspecified atom stereocenters. The third kappa shape index (κ3) is 5.08. The van der Waals surface area contributed by atoms with Crippen LogP contribution in [0.2, 0.25) is 0 Å². The van der Waals surface area contributed by atoms with Crippen LogP contribution in [0.4, 0.5) is 10.1 Å². The van der Waals surface area contributed by atoms with Crippen molar-refractivity contribution >= 4 is 17.6 Å². The Morgan fingerprint density at radius 3 is 2.29 bits per heavy atom. The SMILES string of the molecule is COc1ccc(CC(=O)O[C@H](C)C(=O)Nc2ccc(F)cc2)cc1. The lowest BCUT2D eigenvalue weighted by Gasteiger charge is -2.13. The Morgan fingerprint density at radius 1 is 1.08 bits per heavy atom. The highest BCUT2D eigenvalue weighted by Gasteiger charge is 2.18. The number of hydrogen-bond donors (Lipinski definition) is 1. The fourth-order valence-corrected chi connectivity index (χ4v) is 1.98. The highest BCUT2D eigenvalue weighted by atomic mass is 19.1. The van der Waals surface area contributed by atoms with Gasteiger partial charge in [0.05, 0.1) is 13.5 Å². The zero-order chi connectivity index (χ0) is 17.5. The van der Waals surface area contributed by atoms with Gasteiger partial charge in [0.2, 0.25) is 0 Å². The van der Waals surface area contributed by atoms with Crippen molar-refractivity contribution in [3.05, 3.63) is 59.9 Å². The van der Waals surface area contributed by atoms with Crippen molar-refractivity contribution in [3.8, 4) is 5.75 Å². The first-order valence-corrected chi connectivity index (χ1v) is 7.37. The molecule has 0 bridgehead atoms.